The van der Waals surface area contributed by atoms with Gasteiger partial charge in [-0.05, 0) is 60.2 Å². The summed E-state index contributed by atoms with van der Waals surface area (Å²) in [7, 11) is 1.60. The zero-order chi connectivity index (χ0) is 22.5. The number of ether oxygens (including phenoxy) is 1. The van der Waals surface area contributed by atoms with Crippen molar-refractivity contribution in [1.29, 1.82) is 0 Å². The molecule has 0 bridgehead atoms. The molecule has 160 valence electrons. The SMILES string of the molecule is CCC(Oc1ccc(/C=C2\SC(=Nc3cccc(C(=O)O)c3)N(C)C2=O)cc1)C(=O)O. The minimum atomic E-state index is -1.05. The molecule has 0 spiro atoms. The van der Waals surface area contributed by atoms with Gasteiger partial charge in [-0.1, -0.05) is 25.1 Å². The Bertz CT molecular complexity index is 1080. The van der Waals surface area contributed by atoms with Gasteiger partial charge >= 0.3 is 11.9 Å². The monoisotopic (exact) mass is 440 g/mol. The fourth-order valence-corrected chi connectivity index (χ4v) is 3.72. The van der Waals surface area contributed by atoms with Gasteiger partial charge in [0.15, 0.2) is 11.3 Å². The van der Waals surface area contributed by atoms with Gasteiger partial charge in [-0.15, -0.1) is 0 Å². The Morgan fingerprint density at radius 1 is 1.19 bits per heavy atom. The van der Waals surface area contributed by atoms with Gasteiger partial charge in [0.25, 0.3) is 5.91 Å². The smallest absolute Gasteiger partial charge is 0.344 e. The van der Waals surface area contributed by atoms with Gasteiger partial charge in [0.05, 0.1) is 16.2 Å². The van der Waals surface area contributed by atoms with E-state index in [9.17, 15) is 14.4 Å². The van der Waals surface area contributed by atoms with E-state index in [0.717, 1.165) is 5.56 Å². The van der Waals surface area contributed by atoms with Crippen LogP contribution >= 0.6 is 11.8 Å². The summed E-state index contributed by atoms with van der Waals surface area (Å²) in [6, 6.07) is 12.9. The highest BCUT2D eigenvalue weighted by Crippen LogP contribution is 2.33. The number of benzene rings is 2. The summed E-state index contributed by atoms with van der Waals surface area (Å²) in [6.45, 7) is 1.73. The summed E-state index contributed by atoms with van der Waals surface area (Å²) in [6.07, 6.45) is 1.14. The average Bonchev–Trinajstić information content (AvgIpc) is 3.00. The van der Waals surface area contributed by atoms with Gasteiger partial charge in [-0.3, -0.25) is 9.69 Å². The average molecular weight is 440 g/mol. The summed E-state index contributed by atoms with van der Waals surface area (Å²) in [5.74, 6) is -1.87. The molecule has 2 N–H and O–H groups in total. The maximum absolute atomic E-state index is 12.6. The molecule has 1 atom stereocenters. The van der Waals surface area contributed by atoms with E-state index in [-0.39, 0.29) is 11.5 Å². The number of carbonyl (C=O) groups is 3. The molecule has 1 amide bonds. The number of carboxylic acids is 2. The number of rotatable bonds is 7. The summed E-state index contributed by atoms with van der Waals surface area (Å²) in [5, 5.41) is 18.6. The lowest BCUT2D eigenvalue weighted by Crippen LogP contribution is -2.25. The summed E-state index contributed by atoms with van der Waals surface area (Å²) >= 11 is 1.18. The molecule has 9 heteroatoms. The number of aliphatic imine (C=N–C) groups is 1. The molecular formula is C22H20N2O6S. The molecule has 1 unspecified atom stereocenters. The van der Waals surface area contributed by atoms with Crippen LogP contribution in [0.15, 0.2) is 58.4 Å². The van der Waals surface area contributed by atoms with Crippen LogP contribution in [0.1, 0.15) is 29.3 Å². The lowest BCUT2D eigenvalue weighted by molar-refractivity contribution is -0.145. The number of carbonyl (C=O) groups excluding carboxylic acids is 1. The van der Waals surface area contributed by atoms with E-state index in [0.29, 0.717) is 27.9 Å². The zero-order valence-electron chi connectivity index (χ0n) is 16.8. The quantitative estimate of drug-likeness (QED) is 0.628. The minimum Gasteiger partial charge on any atom is -0.479 e. The van der Waals surface area contributed by atoms with E-state index in [1.165, 1.54) is 28.8 Å². The first-order valence-corrected chi connectivity index (χ1v) is 10.2. The van der Waals surface area contributed by atoms with Crippen molar-refractivity contribution in [3.05, 3.63) is 64.6 Å². The molecule has 1 heterocycles. The van der Waals surface area contributed by atoms with E-state index in [1.807, 2.05) is 0 Å². The summed E-state index contributed by atoms with van der Waals surface area (Å²) in [4.78, 5) is 41.1. The standard InChI is InChI=1S/C22H20N2O6S/c1-3-17(21(28)29)30-16-9-7-13(8-10-16)11-18-19(25)24(2)22(31-18)23-15-6-4-5-14(12-15)20(26)27/h4-12,17H,3H2,1-2H3,(H,26,27)(H,28,29)/b18-11-,23-22?. The predicted octanol–water partition coefficient (Wildman–Crippen LogP) is 3.86. The number of aromatic carboxylic acids is 1. The number of aliphatic carboxylic acids is 1. The highest BCUT2D eigenvalue weighted by Gasteiger charge is 2.30. The molecule has 2 aromatic carbocycles. The number of hydrogen-bond acceptors (Lipinski definition) is 6. The van der Waals surface area contributed by atoms with Crippen LogP contribution in [0.5, 0.6) is 5.75 Å². The van der Waals surface area contributed by atoms with Crippen LogP contribution < -0.4 is 4.74 Å². The molecule has 0 radical (unpaired) electrons. The molecule has 31 heavy (non-hydrogen) atoms. The lowest BCUT2D eigenvalue weighted by atomic mass is 10.2. The van der Waals surface area contributed by atoms with E-state index < -0.39 is 18.0 Å². The molecular weight excluding hydrogens is 420 g/mol. The molecule has 1 fully saturated rings. The number of likely N-dealkylation sites (N-methyl/N-ethyl adjacent to an activating group) is 1. The Morgan fingerprint density at radius 3 is 2.52 bits per heavy atom. The second-order valence-corrected chi connectivity index (χ2v) is 7.66. The maximum Gasteiger partial charge on any atom is 0.344 e. The first kappa shape index (κ1) is 22.1. The molecule has 3 rings (SSSR count). The van der Waals surface area contributed by atoms with E-state index in [2.05, 4.69) is 4.99 Å². The molecule has 0 aliphatic carbocycles. The second kappa shape index (κ2) is 9.48. The van der Waals surface area contributed by atoms with Crippen molar-refractivity contribution in [2.24, 2.45) is 4.99 Å². The van der Waals surface area contributed by atoms with E-state index in [4.69, 9.17) is 14.9 Å². The molecule has 1 aliphatic heterocycles. The fraction of sp³-hybridized carbons (Fsp3) is 0.182. The Morgan fingerprint density at radius 2 is 1.90 bits per heavy atom. The number of thioether (sulfide) groups is 1. The highest BCUT2D eigenvalue weighted by molar-refractivity contribution is 8.18. The van der Waals surface area contributed by atoms with Crippen molar-refractivity contribution in [3.8, 4) is 5.75 Å². The van der Waals surface area contributed by atoms with Crippen LogP contribution in [-0.2, 0) is 9.59 Å². The Hall–Kier alpha value is -3.59. The molecule has 1 saturated heterocycles. The largest absolute Gasteiger partial charge is 0.479 e. The molecule has 0 saturated carbocycles. The third-order valence-corrected chi connectivity index (χ3v) is 5.48. The summed E-state index contributed by atoms with van der Waals surface area (Å²) < 4.78 is 5.44. The van der Waals surface area contributed by atoms with Gasteiger partial charge in [0.2, 0.25) is 0 Å². The second-order valence-electron chi connectivity index (χ2n) is 6.65. The van der Waals surface area contributed by atoms with Crippen molar-refractivity contribution < 1.29 is 29.3 Å². The van der Waals surface area contributed by atoms with Crippen LogP contribution in [0.4, 0.5) is 5.69 Å². The van der Waals surface area contributed by atoms with Crippen LogP contribution in [0.3, 0.4) is 0 Å². The van der Waals surface area contributed by atoms with Crippen molar-refractivity contribution >= 4 is 46.5 Å². The first-order valence-electron chi connectivity index (χ1n) is 9.37. The first-order chi connectivity index (χ1) is 14.8. The van der Waals surface area contributed by atoms with Crippen LogP contribution in [0.2, 0.25) is 0 Å². The van der Waals surface area contributed by atoms with Crippen LogP contribution in [-0.4, -0.2) is 51.3 Å². The third kappa shape index (κ3) is 5.32. The zero-order valence-corrected chi connectivity index (χ0v) is 17.6. The Balaban J connectivity index is 1.78. The van der Waals surface area contributed by atoms with Gasteiger partial charge in [-0.25, -0.2) is 14.6 Å². The number of carboxylic acid groups (broad SMARTS) is 2. The Kier molecular flexibility index (Phi) is 6.76. The topological polar surface area (TPSA) is 117 Å². The lowest BCUT2D eigenvalue weighted by Gasteiger charge is -2.13. The number of amides is 1. The predicted molar refractivity (Wildman–Crippen MR) is 118 cm³/mol. The molecule has 0 aromatic heterocycles. The highest BCUT2D eigenvalue weighted by atomic mass is 32.2. The third-order valence-electron chi connectivity index (χ3n) is 4.42. The van der Waals surface area contributed by atoms with Gasteiger partial charge < -0.3 is 14.9 Å². The van der Waals surface area contributed by atoms with Crippen molar-refractivity contribution in [2.45, 2.75) is 19.4 Å². The number of nitrogens with zero attached hydrogens (tertiary/aromatic N) is 2. The van der Waals surface area contributed by atoms with Crippen molar-refractivity contribution in [1.82, 2.24) is 4.90 Å². The van der Waals surface area contributed by atoms with Crippen LogP contribution in [0, 0.1) is 0 Å². The normalized spacial score (nSPS) is 17.2. The fourth-order valence-electron chi connectivity index (χ4n) is 2.74. The summed E-state index contributed by atoms with van der Waals surface area (Å²) in [5.41, 5.74) is 1.30. The molecule has 8 nitrogen and oxygen atoms in total. The molecule has 1 aliphatic rings. The number of amidine groups is 1. The van der Waals surface area contributed by atoms with Crippen molar-refractivity contribution in [3.63, 3.8) is 0 Å². The van der Waals surface area contributed by atoms with E-state index >= 15 is 0 Å². The maximum atomic E-state index is 12.6. The molecule has 2 aromatic rings. The van der Waals surface area contributed by atoms with Gasteiger partial charge in [0, 0.05) is 7.05 Å². The Labute approximate surface area is 182 Å². The van der Waals surface area contributed by atoms with Crippen LogP contribution in [0.25, 0.3) is 6.08 Å². The number of hydrogen-bond donors (Lipinski definition) is 2. The van der Waals surface area contributed by atoms with E-state index in [1.54, 1.807) is 56.4 Å². The van der Waals surface area contributed by atoms with Crippen molar-refractivity contribution in [2.75, 3.05) is 7.05 Å². The minimum absolute atomic E-state index is 0.116. The van der Waals surface area contributed by atoms with Gasteiger partial charge in [0.1, 0.15) is 5.75 Å². The van der Waals surface area contributed by atoms with Gasteiger partial charge in [-0.2, -0.15) is 0 Å².